The number of halogens is 1. The molecule has 0 aliphatic carbocycles. The Balaban J connectivity index is 2.68. The summed E-state index contributed by atoms with van der Waals surface area (Å²) in [4.78, 5) is 10.7. The monoisotopic (exact) mass is 341 g/mol. The van der Waals surface area contributed by atoms with E-state index < -0.39 is 0 Å². The predicted octanol–water partition coefficient (Wildman–Crippen LogP) is 4.19. The number of hydrogen-bond donors (Lipinski definition) is 0. The van der Waals surface area contributed by atoms with E-state index >= 15 is 0 Å². The van der Waals surface area contributed by atoms with Crippen LogP contribution in [0, 0.1) is 12.8 Å². The van der Waals surface area contributed by atoms with Crippen molar-refractivity contribution in [3.05, 3.63) is 16.2 Å². The van der Waals surface area contributed by atoms with Crippen LogP contribution in [0.4, 0.5) is 5.69 Å². The number of aliphatic imine (C=N–C) groups is 1. The molecule has 0 atom stereocenters. The number of rotatable bonds is 7. The Labute approximate surface area is 130 Å². The van der Waals surface area contributed by atoms with Gasteiger partial charge in [-0.2, -0.15) is 0 Å². The van der Waals surface area contributed by atoms with Gasteiger partial charge >= 0.3 is 0 Å². The molecule has 1 rings (SSSR count). The SMILES string of the molecule is Cc1nc(OCCCC(C)C)c(Br)cc1/N=C/N(C)C. The average molecular weight is 342 g/mol. The van der Waals surface area contributed by atoms with Gasteiger partial charge in [0.25, 0.3) is 0 Å². The van der Waals surface area contributed by atoms with Crippen LogP contribution >= 0.6 is 15.9 Å². The summed E-state index contributed by atoms with van der Waals surface area (Å²) in [7, 11) is 3.88. The highest BCUT2D eigenvalue weighted by atomic mass is 79.9. The van der Waals surface area contributed by atoms with E-state index in [1.54, 1.807) is 6.34 Å². The molecule has 0 unspecified atom stereocenters. The zero-order valence-corrected chi connectivity index (χ0v) is 14.6. The molecule has 0 aliphatic rings. The first-order valence-corrected chi connectivity index (χ1v) is 7.70. The molecular formula is C15H24BrN3O. The van der Waals surface area contributed by atoms with Crippen molar-refractivity contribution in [3.63, 3.8) is 0 Å². The molecule has 112 valence electrons. The minimum Gasteiger partial charge on any atom is -0.477 e. The minimum absolute atomic E-state index is 0.648. The molecule has 0 bridgehead atoms. The number of ether oxygens (including phenoxy) is 1. The van der Waals surface area contributed by atoms with Gasteiger partial charge in [-0.25, -0.2) is 9.98 Å². The Morgan fingerprint density at radius 1 is 1.45 bits per heavy atom. The molecule has 0 saturated carbocycles. The molecule has 0 N–H and O–H groups in total. The van der Waals surface area contributed by atoms with E-state index in [0.717, 1.165) is 22.3 Å². The lowest BCUT2D eigenvalue weighted by Gasteiger charge is -2.10. The van der Waals surface area contributed by atoms with Gasteiger partial charge in [0.1, 0.15) is 0 Å². The lowest BCUT2D eigenvalue weighted by atomic mass is 10.1. The fourth-order valence-corrected chi connectivity index (χ4v) is 2.04. The molecule has 0 saturated heterocycles. The molecule has 1 heterocycles. The number of hydrogen-bond acceptors (Lipinski definition) is 3. The largest absolute Gasteiger partial charge is 0.477 e. The van der Waals surface area contributed by atoms with Gasteiger partial charge in [0.15, 0.2) is 0 Å². The second-order valence-corrected chi connectivity index (χ2v) is 6.33. The van der Waals surface area contributed by atoms with Crippen molar-refractivity contribution in [1.29, 1.82) is 0 Å². The number of pyridine rings is 1. The van der Waals surface area contributed by atoms with Crippen molar-refractivity contribution in [2.75, 3.05) is 20.7 Å². The maximum absolute atomic E-state index is 5.73. The summed E-state index contributed by atoms with van der Waals surface area (Å²) in [6.45, 7) is 7.07. The summed E-state index contributed by atoms with van der Waals surface area (Å²) < 4.78 is 6.57. The standard InChI is InChI=1S/C15H24BrN3O/c1-11(2)7-6-8-20-15-13(16)9-14(12(3)18-15)17-10-19(4)5/h9-11H,6-8H2,1-5H3/b17-10+. The molecule has 20 heavy (non-hydrogen) atoms. The summed E-state index contributed by atoms with van der Waals surface area (Å²) in [5.41, 5.74) is 1.71. The maximum atomic E-state index is 5.73. The van der Waals surface area contributed by atoms with E-state index in [0.29, 0.717) is 18.4 Å². The van der Waals surface area contributed by atoms with Crippen LogP contribution in [0.5, 0.6) is 5.88 Å². The first kappa shape index (κ1) is 17.0. The molecule has 5 heteroatoms. The van der Waals surface area contributed by atoms with Crippen molar-refractivity contribution >= 4 is 28.0 Å². The van der Waals surface area contributed by atoms with Gasteiger partial charge < -0.3 is 9.64 Å². The quantitative estimate of drug-likeness (QED) is 0.424. The molecule has 0 radical (unpaired) electrons. The fourth-order valence-electron chi connectivity index (χ4n) is 1.62. The second-order valence-electron chi connectivity index (χ2n) is 5.47. The van der Waals surface area contributed by atoms with Gasteiger partial charge in [-0.15, -0.1) is 0 Å². The first-order valence-electron chi connectivity index (χ1n) is 6.90. The summed E-state index contributed by atoms with van der Waals surface area (Å²) >= 11 is 3.49. The van der Waals surface area contributed by atoms with Crippen molar-refractivity contribution in [2.45, 2.75) is 33.6 Å². The Bertz CT molecular complexity index is 459. The zero-order chi connectivity index (χ0) is 15.1. The molecule has 0 aromatic carbocycles. The molecule has 0 fully saturated rings. The highest BCUT2D eigenvalue weighted by Gasteiger charge is 2.08. The summed E-state index contributed by atoms with van der Waals surface area (Å²) in [5, 5.41) is 0. The summed E-state index contributed by atoms with van der Waals surface area (Å²) in [6, 6.07) is 1.94. The van der Waals surface area contributed by atoms with E-state index in [4.69, 9.17) is 4.74 Å². The van der Waals surface area contributed by atoms with Gasteiger partial charge in [-0.05, 0) is 47.7 Å². The molecular weight excluding hydrogens is 318 g/mol. The minimum atomic E-state index is 0.648. The van der Waals surface area contributed by atoms with E-state index in [-0.39, 0.29) is 0 Å². The van der Waals surface area contributed by atoms with Crippen LogP contribution in [-0.4, -0.2) is 36.9 Å². The van der Waals surface area contributed by atoms with Crippen LogP contribution < -0.4 is 4.74 Å². The lowest BCUT2D eigenvalue weighted by Crippen LogP contribution is -2.07. The van der Waals surface area contributed by atoms with Crippen LogP contribution in [0.25, 0.3) is 0 Å². The van der Waals surface area contributed by atoms with E-state index in [9.17, 15) is 0 Å². The van der Waals surface area contributed by atoms with E-state index in [1.807, 2.05) is 32.0 Å². The molecule has 0 spiro atoms. The van der Waals surface area contributed by atoms with Crippen molar-refractivity contribution in [3.8, 4) is 5.88 Å². The topological polar surface area (TPSA) is 37.7 Å². The molecule has 0 aliphatic heterocycles. The predicted molar refractivity (Wildman–Crippen MR) is 88.1 cm³/mol. The third-order valence-electron chi connectivity index (χ3n) is 2.70. The van der Waals surface area contributed by atoms with Crippen LogP contribution in [0.3, 0.4) is 0 Å². The Hall–Kier alpha value is -1.10. The summed E-state index contributed by atoms with van der Waals surface area (Å²) in [6.07, 6.45) is 3.98. The fraction of sp³-hybridized carbons (Fsp3) is 0.600. The Kier molecular flexibility index (Phi) is 6.99. The van der Waals surface area contributed by atoms with Gasteiger partial charge in [-0.1, -0.05) is 13.8 Å². The van der Waals surface area contributed by atoms with Gasteiger partial charge in [0.05, 0.1) is 28.8 Å². The average Bonchev–Trinajstić information content (AvgIpc) is 2.36. The Morgan fingerprint density at radius 2 is 2.15 bits per heavy atom. The van der Waals surface area contributed by atoms with Gasteiger partial charge in [-0.3, -0.25) is 0 Å². The van der Waals surface area contributed by atoms with Gasteiger partial charge in [0, 0.05) is 14.1 Å². The smallest absolute Gasteiger partial charge is 0.228 e. The molecule has 1 aromatic heterocycles. The molecule has 1 aromatic rings. The highest BCUT2D eigenvalue weighted by Crippen LogP contribution is 2.29. The normalized spacial score (nSPS) is 11.3. The van der Waals surface area contributed by atoms with Crippen LogP contribution in [0.1, 0.15) is 32.4 Å². The zero-order valence-electron chi connectivity index (χ0n) is 13.0. The van der Waals surface area contributed by atoms with Crippen LogP contribution in [-0.2, 0) is 0 Å². The van der Waals surface area contributed by atoms with Crippen molar-refractivity contribution in [1.82, 2.24) is 9.88 Å². The number of nitrogens with zero attached hydrogens (tertiary/aromatic N) is 3. The van der Waals surface area contributed by atoms with Gasteiger partial charge in [0.2, 0.25) is 5.88 Å². The molecule has 0 amide bonds. The van der Waals surface area contributed by atoms with E-state index in [1.165, 1.54) is 6.42 Å². The Morgan fingerprint density at radius 3 is 2.75 bits per heavy atom. The first-order chi connectivity index (χ1) is 9.40. The second kappa shape index (κ2) is 8.25. The van der Waals surface area contributed by atoms with Crippen molar-refractivity contribution in [2.24, 2.45) is 10.9 Å². The molecule has 4 nitrogen and oxygen atoms in total. The third-order valence-corrected chi connectivity index (χ3v) is 3.27. The third kappa shape index (κ3) is 5.90. The summed E-state index contributed by atoms with van der Waals surface area (Å²) in [5.74, 6) is 1.36. The lowest BCUT2D eigenvalue weighted by molar-refractivity contribution is 0.285. The number of aromatic nitrogens is 1. The maximum Gasteiger partial charge on any atom is 0.228 e. The van der Waals surface area contributed by atoms with Crippen LogP contribution in [0.15, 0.2) is 15.5 Å². The highest BCUT2D eigenvalue weighted by molar-refractivity contribution is 9.10. The van der Waals surface area contributed by atoms with E-state index in [2.05, 4.69) is 39.8 Å². The van der Waals surface area contributed by atoms with Crippen LogP contribution in [0.2, 0.25) is 0 Å². The number of aryl methyl sites for hydroxylation is 1. The van der Waals surface area contributed by atoms with Crippen molar-refractivity contribution < 1.29 is 4.74 Å².